The molecule has 0 fully saturated rings. The minimum atomic E-state index is -3.89. The van der Waals surface area contributed by atoms with Crippen LogP contribution in [0.5, 0.6) is 0 Å². The van der Waals surface area contributed by atoms with E-state index >= 15 is 0 Å². The third kappa shape index (κ3) is 8.14. The molecule has 0 saturated carbocycles. The molecule has 1 atom stereocenters. The van der Waals surface area contributed by atoms with Gasteiger partial charge in [-0.1, -0.05) is 87.5 Å². The highest BCUT2D eigenvalue weighted by atomic mass is 32.2. The molecule has 1 N–H and O–H groups in total. The molecule has 9 heteroatoms. The number of amides is 2. The number of benzene rings is 3. The molecule has 0 spiro atoms. The zero-order valence-corrected chi connectivity index (χ0v) is 24.3. The first kappa shape index (κ1) is 30.8. The van der Waals surface area contributed by atoms with E-state index in [4.69, 9.17) is 0 Å². The molecule has 3 rings (SSSR count). The van der Waals surface area contributed by atoms with Gasteiger partial charge < -0.3 is 10.2 Å². The van der Waals surface area contributed by atoms with Crippen LogP contribution in [0.2, 0.25) is 0 Å². The summed E-state index contributed by atoms with van der Waals surface area (Å²) in [5, 5.41) is 2.87. The van der Waals surface area contributed by atoms with Gasteiger partial charge in [-0.2, -0.15) is 0 Å². The second kappa shape index (κ2) is 14.1. The molecule has 0 aliphatic rings. The number of nitrogens with zero attached hydrogens (tertiary/aromatic N) is 2. The lowest BCUT2D eigenvalue weighted by Gasteiger charge is -2.34. The first-order valence-electron chi connectivity index (χ1n) is 13.4. The number of hydrogen-bond acceptors (Lipinski definition) is 4. The van der Waals surface area contributed by atoms with Crippen LogP contribution in [0.4, 0.5) is 10.1 Å². The zero-order chi connectivity index (χ0) is 29.3. The summed E-state index contributed by atoms with van der Waals surface area (Å²) in [4.78, 5) is 28.9. The summed E-state index contributed by atoms with van der Waals surface area (Å²) in [6.45, 7) is 5.47. The Bertz CT molecular complexity index is 1400. The number of para-hydroxylation sites is 1. The normalized spacial score (nSPS) is 12.2. The van der Waals surface area contributed by atoms with Crippen molar-refractivity contribution >= 4 is 27.5 Å². The third-order valence-electron chi connectivity index (χ3n) is 6.63. The standard InChI is InChI=1S/C31H38FN3O4S/c1-5-19-33-31(37)29(20-24-13-7-6-8-14-24)34(21-25-15-9-11-17-27(25)32)30(36)22-35(40(4,38)39)28-18-12-10-16-26(28)23(2)3/h6-18,23,29H,5,19-22H2,1-4H3,(H,33,37). The van der Waals surface area contributed by atoms with Gasteiger partial charge >= 0.3 is 0 Å². The van der Waals surface area contributed by atoms with Gasteiger partial charge in [-0.15, -0.1) is 0 Å². The van der Waals surface area contributed by atoms with Crippen LogP contribution in [-0.4, -0.2) is 50.5 Å². The zero-order valence-electron chi connectivity index (χ0n) is 23.5. The predicted molar refractivity (Wildman–Crippen MR) is 157 cm³/mol. The Morgan fingerprint density at radius 2 is 1.55 bits per heavy atom. The van der Waals surface area contributed by atoms with Crippen molar-refractivity contribution in [3.8, 4) is 0 Å². The fourth-order valence-electron chi connectivity index (χ4n) is 4.53. The lowest BCUT2D eigenvalue weighted by Crippen LogP contribution is -2.53. The van der Waals surface area contributed by atoms with Gasteiger partial charge in [0.05, 0.1) is 11.9 Å². The SMILES string of the molecule is CCCNC(=O)C(Cc1ccccc1)N(Cc1ccccc1F)C(=O)CN(c1ccccc1C(C)C)S(C)(=O)=O. The van der Waals surface area contributed by atoms with Gasteiger partial charge in [-0.25, -0.2) is 12.8 Å². The smallest absolute Gasteiger partial charge is 0.244 e. The fraction of sp³-hybridized carbons (Fsp3) is 0.355. The summed E-state index contributed by atoms with van der Waals surface area (Å²) >= 11 is 0. The molecule has 0 bridgehead atoms. The number of nitrogens with one attached hydrogen (secondary N) is 1. The van der Waals surface area contributed by atoms with Gasteiger partial charge in [-0.3, -0.25) is 13.9 Å². The van der Waals surface area contributed by atoms with Crippen LogP contribution in [-0.2, 0) is 32.6 Å². The minimum absolute atomic E-state index is 0.00396. The number of hydrogen-bond donors (Lipinski definition) is 1. The van der Waals surface area contributed by atoms with E-state index in [1.807, 2.05) is 63.2 Å². The average Bonchev–Trinajstić information content (AvgIpc) is 2.93. The molecule has 0 aromatic heterocycles. The maximum atomic E-state index is 14.8. The molecule has 214 valence electrons. The molecule has 0 aliphatic carbocycles. The van der Waals surface area contributed by atoms with Crippen LogP contribution in [0.25, 0.3) is 0 Å². The van der Waals surface area contributed by atoms with Crippen molar-refractivity contribution in [2.75, 3.05) is 23.7 Å². The molecular formula is C31H38FN3O4S. The van der Waals surface area contributed by atoms with Gasteiger partial charge in [-0.05, 0) is 35.6 Å². The number of carbonyl (C=O) groups excluding carboxylic acids is 2. The molecule has 7 nitrogen and oxygen atoms in total. The Kier molecular flexibility index (Phi) is 10.8. The second-order valence-electron chi connectivity index (χ2n) is 10.1. The van der Waals surface area contributed by atoms with Crippen LogP contribution in [0.1, 0.15) is 49.8 Å². The minimum Gasteiger partial charge on any atom is -0.354 e. The molecule has 0 saturated heterocycles. The van der Waals surface area contributed by atoms with E-state index < -0.39 is 34.3 Å². The van der Waals surface area contributed by atoms with Crippen LogP contribution in [0.15, 0.2) is 78.9 Å². The fourth-order valence-corrected chi connectivity index (χ4v) is 5.40. The van der Waals surface area contributed by atoms with Crippen molar-refractivity contribution in [2.24, 2.45) is 0 Å². The van der Waals surface area contributed by atoms with Gasteiger partial charge in [0, 0.05) is 25.1 Å². The van der Waals surface area contributed by atoms with Crippen LogP contribution in [0.3, 0.4) is 0 Å². The Labute approximate surface area is 237 Å². The number of sulfonamides is 1. The van der Waals surface area contributed by atoms with Crippen molar-refractivity contribution in [2.45, 2.75) is 52.1 Å². The first-order chi connectivity index (χ1) is 19.0. The monoisotopic (exact) mass is 567 g/mol. The van der Waals surface area contributed by atoms with Crippen molar-refractivity contribution in [3.05, 3.63) is 101 Å². The second-order valence-corrected chi connectivity index (χ2v) is 12.0. The van der Waals surface area contributed by atoms with E-state index in [0.29, 0.717) is 18.7 Å². The lowest BCUT2D eigenvalue weighted by molar-refractivity contribution is -0.140. The topological polar surface area (TPSA) is 86.8 Å². The van der Waals surface area contributed by atoms with Gasteiger partial charge in [0.1, 0.15) is 18.4 Å². The van der Waals surface area contributed by atoms with E-state index in [2.05, 4.69) is 5.32 Å². The summed E-state index contributed by atoms with van der Waals surface area (Å²) in [6.07, 6.45) is 1.92. The molecule has 2 amide bonds. The maximum absolute atomic E-state index is 14.8. The molecule has 0 radical (unpaired) electrons. The highest BCUT2D eigenvalue weighted by Crippen LogP contribution is 2.29. The molecule has 1 unspecified atom stereocenters. The summed E-state index contributed by atoms with van der Waals surface area (Å²) in [5.41, 5.74) is 2.21. The van der Waals surface area contributed by atoms with Crippen molar-refractivity contribution < 1.29 is 22.4 Å². The highest BCUT2D eigenvalue weighted by Gasteiger charge is 2.34. The maximum Gasteiger partial charge on any atom is 0.244 e. The number of carbonyl (C=O) groups is 2. The summed E-state index contributed by atoms with van der Waals surface area (Å²) in [6, 6.07) is 21.3. The summed E-state index contributed by atoms with van der Waals surface area (Å²) in [7, 11) is -3.89. The Morgan fingerprint density at radius 1 is 0.925 bits per heavy atom. The van der Waals surface area contributed by atoms with Crippen molar-refractivity contribution in [1.82, 2.24) is 10.2 Å². The van der Waals surface area contributed by atoms with E-state index in [1.165, 1.54) is 11.0 Å². The van der Waals surface area contributed by atoms with Crippen LogP contribution in [0, 0.1) is 5.82 Å². The molecular weight excluding hydrogens is 529 g/mol. The number of rotatable bonds is 13. The molecule has 40 heavy (non-hydrogen) atoms. The van der Waals surface area contributed by atoms with Crippen LogP contribution >= 0.6 is 0 Å². The molecule has 3 aromatic rings. The van der Waals surface area contributed by atoms with E-state index in [1.54, 1.807) is 30.3 Å². The molecule has 3 aromatic carbocycles. The van der Waals surface area contributed by atoms with Crippen molar-refractivity contribution in [1.29, 1.82) is 0 Å². The first-order valence-corrected chi connectivity index (χ1v) is 15.3. The largest absolute Gasteiger partial charge is 0.354 e. The van der Waals surface area contributed by atoms with E-state index in [-0.39, 0.29) is 30.4 Å². The van der Waals surface area contributed by atoms with Crippen LogP contribution < -0.4 is 9.62 Å². The Balaban J connectivity index is 2.09. The third-order valence-corrected chi connectivity index (χ3v) is 7.75. The quantitative estimate of drug-likeness (QED) is 0.319. The predicted octanol–water partition coefficient (Wildman–Crippen LogP) is 4.88. The summed E-state index contributed by atoms with van der Waals surface area (Å²) in [5.74, 6) is -1.52. The molecule has 0 heterocycles. The number of anilines is 1. The van der Waals surface area contributed by atoms with Gasteiger partial charge in [0.2, 0.25) is 21.8 Å². The van der Waals surface area contributed by atoms with Crippen molar-refractivity contribution in [3.63, 3.8) is 0 Å². The van der Waals surface area contributed by atoms with Gasteiger partial charge in [0.25, 0.3) is 0 Å². The Morgan fingerprint density at radius 3 is 2.17 bits per heavy atom. The summed E-state index contributed by atoms with van der Waals surface area (Å²) < 4.78 is 42.0. The lowest BCUT2D eigenvalue weighted by atomic mass is 10.0. The Hall–Kier alpha value is -3.72. The van der Waals surface area contributed by atoms with Gasteiger partial charge in [0.15, 0.2) is 0 Å². The van der Waals surface area contributed by atoms with E-state index in [0.717, 1.165) is 21.7 Å². The number of halogens is 1. The van der Waals surface area contributed by atoms with E-state index in [9.17, 15) is 22.4 Å². The highest BCUT2D eigenvalue weighted by molar-refractivity contribution is 7.92. The molecule has 0 aliphatic heterocycles. The average molecular weight is 568 g/mol.